The van der Waals surface area contributed by atoms with Crippen LogP contribution in [0.4, 0.5) is 0 Å². The number of hydrogen-bond donors (Lipinski definition) is 2. The number of rotatable bonds is 7. The number of aliphatic imine (C=N–C) groups is 1. The zero-order chi connectivity index (χ0) is 19.8. The maximum absolute atomic E-state index is 5.63. The van der Waals surface area contributed by atoms with Crippen molar-refractivity contribution < 1.29 is 4.42 Å². The van der Waals surface area contributed by atoms with Crippen LogP contribution in [0.5, 0.6) is 0 Å². The lowest BCUT2D eigenvalue weighted by Crippen LogP contribution is -2.39. The third-order valence-electron chi connectivity index (χ3n) is 4.67. The molecule has 3 rings (SSSR count). The highest BCUT2D eigenvalue weighted by atomic mass is 16.4. The van der Waals surface area contributed by atoms with Gasteiger partial charge in [-0.15, -0.1) is 0 Å². The SMILES string of the molecule is CCNC(=NCc1nc(C)c(C)o1)NCC(c1ccccc1)c1ccccc1. The Morgan fingerprint density at radius 2 is 1.57 bits per heavy atom. The molecule has 0 aliphatic rings. The van der Waals surface area contributed by atoms with Crippen LogP contribution in [-0.4, -0.2) is 24.0 Å². The minimum atomic E-state index is 0.234. The monoisotopic (exact) mass is 376 g/mol. The van der Waals surface area contributed by atoms with Gasteiger partial charge in [0.25, 0.3) is 0 Å². The molecule has 2 N–H and O–H groups in total. The zero-order valence-corrected chi connectivity index (χ0v) is 16.8. The Kier molecular flexibility index (Phi) is 6.84. The minimum absolute atomic E-state index is 0.234. The van der Waals surface area contributed by atoms with Crippen molar-refractivity contribution in [2.75, 3.05) is 13.1 Å². The van der Waals surface area contributed by atoms with Crippen LogP contribution in [-0.2, 0) is 6.54 Å². The van der Waals surface area contributed by atoms with Crippen molar-refractivity contribution >= 4 is 5.96 Å². The molecule has 1 aromatic heterocycles. The average molecular weight is 377 g/mol. The summed E-state index contributed by atoms with van der Waals surface area (Å²) in [5, 5.41) is 6.78. The van der Waals surface area contributed by atoms with Gasteiger partial charge in [-0.1, -0.05) is 60.7 Å². The maximum Gasteiger partial charge on any atom is 0.216 e. The van der Waals surface area contributed by atoms with Crippen LogP contribution in [0, 0.1) is 13.8 Å². The van der Waals surface area contributed by atoms with E-state index >= 15 is 0 Å². The van der Waals surface area contributed by atoms with Crippen LogP contribution in [0.1, 0.15) is 41.3 Å². The van der Waals surface area contributed by atoms with Gasteiger partial charge in [0.1, 0.15) is 12.3 Å². The summed E-state index contributed by atoms with van der Waals surface area (Å²) in [6.07, 6.45) is 0. The van der Waals surface area contributed by atoms with Crippen molar-refractivity contribution in [2.24, 2.45) is 4.99 Å². The molecule has 146 valence electrons. The summed E-state index contributed by atoms with van der Waals surface area (Å²) in [7, 11) is 0. The molecule has 1 heterocycles. The summed E-state index contributed by atoms with van der Waals surface area (Å²) >= 11 is 0. The fourth-order valence-corrected chi connectivity index (χ4v) is 3.09. The molecule has 2 aromatic carbocycles. The molecule has 0 spiro atoms. The highest BCUT2D eigenvalue weighted by Crippen LogP contribution is 2.23. The number of aryl methyl sites for hydroxylation is 2. The van der Waals surface area contributed by atoms with Crippen molar-refractivity contribution in [2.45, 2.75) is 33.2 Å². The minimum Gasteiger partial charge on any atom is -0.444 e. The quantitative estimate of drug-likeness (QED) is 0.480. The van der Waals surface area contributed by atoms with E-state index in [1.807, 2.05) is 26.0 Å². The van der Waals surface area contributed by atoms with E-state index in [1.165, 1.54) is 11.1 Å². The summed E-state index contributed by atoms with van der Waals surface area (Å²) in [6.45, 7) is 7.86. The van der Waals surface area contributed by atoms with Gasteiger partial charge in [0, 0.05) is 19.0 Å². The second-order valence-electron chi connectivity index (χ2n) is 6.70. The van der Waals surface area contributed by atoms with Crippen LogP contribution in [0.3, 0.4) is 0 Å². The van der Waals surface area contributed by atoms with E-state index in [9.17, 15) is 0 Å². The van der Waals surface area contributed by atoms with Gasteiger partial charge >= 0.3 is 0 Å². The second kappa shape index (κ2) is 9.74. The number of aromatic nitrogens is 1. The third kappa shape index (κ3) is 5.22. The number of nitrogens with zero attached hydrogens (tertiary/aromatic N) is 2. The fraction of sp³-hybridized carbons (Fsp3) is 0.304. The van der Waals surface area contributed by atoms with Gasteiger partial charge in [-0.25, -0.2) is 9.98 Å². The van der Waals surface area contributed by atoms with E-state index in [4.69, 9.17) is 4.42 Å². The Morgan fingerprint density at radius 3 is 2.07 bits per heavy atom. The molecule has 28 heavy (non-hydrogen) atoms. The summed E-state index contributed by atoms with van der Waals surface area (Å²) in [4.78, 5) is 9.04. The first-order chi connectivity index (χ1) is 13.7. The molecule has 0 bridgehead atoms. The first-order valence-electron chi connectivity index (χ1n) is 9.72. The Hall–Kier alpha value is -3.08. The van der Waals surface area contributed by atoms with Crippen molar-refractivity contribution in [3.05, 3.63) is 89.1 Å². The first kappa shape index (κ1) is 19.7. The van der Waals surface area contributed by atoms with E-state index < -0.39 is 0 Å². The molecule has 0 saturated carbocycles. The lowest BCUT2D eigenvalue weighted by molar-refractivity contribution is 0.472. The standard InChI is InChI=1S/C23H28N4O/c1-4-24-23(26-16-22-27-17(2)18(3)28-22)25-15-21(19-11-7-5-8-12-19)20-13-9-6-10-14-20/h5-14,21H,4,15-16H2,1-3H3,(H2,24,25,26). The number of benzene rings is 2. The molecule has 0 aliphatic heterocycles. The molecule has 0 amide bonds. The predicted molar refractivity (Wildman–Crippen MR) is 114 cm³/mol. The van der Waals surface area contributed by atoms with Gasteiger partial charge in [0.05, 0.1) is 5.69 Å². The third-order valence-corrected chi connectivity index (χ3v) is 4.67. The summed E-state index contributed by atoms with van der Waals surface area (Å²) in [5.41, 5.74) is 3.46. The largest absolute Gasteiger partial charge is 0.444 e. The maximum atomic E-state index is 5.63. The summed E-state index contributed by atoms with van der Waals surface area (Å²) < 4.78 is 5.63. The molecule has 0 unspecified atom stereocenters. The lowest BCUT2D eigenvalue weighted by atomic mass is 9.91. The number of guanidine groups is 1. The topological polar surface area (TPSA) is 62.5 Å². The van der Waals surface area contributed by atoms with E-state index in [0.29, 0.717) is 12.4 Å². The molecular weight excluding hydrogens is 348 g/mol. The Morgan fingerprint density at radius 1 is 0.964 bits per heavy atom. The summed E-state index contributed by atoms with van der Waals surface area (Å²) in [6, 6.07) is 21.1. The van der Waals surface area contributed by atoms with E-state index in [2.05, 4.69) is 76.1 Å². The van der Waals surface area contributed by atoms with Crippen LogP contribution in [0.15, 0.2) is 70.1 Å². The Balaban J connectivity index is 1.74. The normalized spacial score (nSPS) is 11.6. The van der Waals surface area contributed by atoms with Gasteiger partial charge in [-0.3, -0.25) is 0 Å². The fourth-order valence-electron chi connectivity index (χ4n) is 3.09. The van der Waals surface area contributed by atoms with Gasteiger partial charge < -0.3 is 15.1 Å². The first-order valence-corrected chi connectivity index (χ1v) is 9.72. The molecule has 0 saturated heterocycles. The molecular formula is C23H28N4O. The molecule has 5 heteroatoms. The average Bonchev–Trinajstić information content (AvgIpc) is 3.05. The molecule has 0 aliphatic carbocycles. The number of oxazole rings is 1. The highest BCUT2D eigenvalue weighted by Gasteiger charge is 2.14. The van der Waals surface area contributed by atoms with Crippen molar-refractivity contribution in [3.8, 4) is 0 Å². The van der Waals surface area contributed by atoms with E-state index in [1.54, 1.807) is 0 Å². The summed E-state index contributed by atoms with van der Waals surface area (Å²) in [5.74, 6) is 2.47. The Labute approximate surface area is 166 Å². The highest BCUT2D eigenvalue weighted by molar-refractivity contribution is 5.79. The van der Waals surface area contributed by atoms with Gasteiger partial charge in [0.2, 0.25) is 5.89 Å². The van der Waals surface area contributed by atoms with Crippen LogP contribution >= 0.6 is 0 Å². The van der Waals surface area contributed by atoms with Crippen molar-refractivity contribution in [1.82, 2.24) is 15.6 Å². The zero-order valence-electron chi connectivity index (χ0n) is 16.8. The van der Waals surface area contributed by atoms with E-state index in [-0.39, 0.29) is 5.92 Å². The van der Waals surface area contributed by atoms with Crippen LogP contribution in [0.2, 0.25) is 0 Å². The molecule has 3 aromatic rings. The van der Waals surface area contributed by atoms with Crippen molar-refractivity contribution in [1.29, 1.82) is 0 Å². The molecule has 0 fully saturated rings. The van der Waals surface area contributed by atoms with Crippen LogP contribution < -0.4 is 10.6 Å². The van der Waals surface area contributed by atoms with Crippen molar-refractivity contribution in [3.63, 3.8) is 0 Å². The lowest BCUT2D eigenvalue weighted by Gasteiger charge is -2.20. The van der Waals surface area contributed by atoms with Crippen LogP contribution in [0.25, 0.3) is 0 Å². The Bertz CT molecular complexity index is 828. The number of hydrogen-bond acceptors (Lipinski definition) is 3. The molecule has 0 radical (unpaired) electrons. The predicted octanol–water partition coefficient (Wildman–Crippen LogP) is 4.18. The smallest absolute Gasteiger partial charge is 0.216 e. The van der Waals surface area contributed by atoms with Gasteiger partial charge in [0.15, 0.2) is 5.96 Å². The number of nitrogens with one attached hydrogen (secondary N) is 2. The molecule has 0 atom stereocenters. The van der Waals surface area contributed by atoms with E-state index in [0.717, 1.165) is 30.5 Å². The second-order valence-corrected chi connectivity index (χ2v) is 6.70. The van der Waals surface area contributed by atoms with Gasteiger partial charge in [-0.05, 0) is 31.9 Å². The van der Waals surface area contributed by atoms with Gasteiger partial charge in [-0.2, -0.15) is 0 Å². The molecule has 5 nitrogen and oxygen atoms in total.